The van der Waals surface area contributed by atoms with E-state index in [0.717, 1.165) is 26.2 Å². The highest BCUT2D eigenvalue weighted by molar-refractivity contribution is 5.23. The molecule has 0 aliphatic heterocycles. The molecule has 1 heterocycles. The molecule has 1 aliphatic carbocycles. The third-order valence-corrected chi connectivity index (χ3v) is 3.87. The second kappa shape index (κ2) is 10.3. The van der Waals surface area contributed by atoms with Crippen molar-refractivity contribution in [3.63, 3.8) is 0 Å². The van der Waals surface area contributed by atoms with Crippen molar-refractivity contribution in [1.29, 1.82) is 0 Å². The predicted molar refractivity (Wildman–Crippen MR) is 87.0 cm³/mol. The van der Waals surface area contributed by atoms with Gasteiger partial charge in [0.2, 0.25) is 0 Å². The van der Waals surface area contributed by atoms with E-state index >= 15 is 0 Å². The molecule has 1 aromatic heterocycles. The fraction of sp³-hybridized carbons (Fsp3) is 0.526. The fourth-order valence-electron chi connectivity index (χ4n) is 2.59. The lowest BCUT2D eigenvalue weighted by molar-refractivity contribution is -0.697. The van der Waals surface area contributed by atoms with E-state index in [0.29, 0.717) is 0 Å². The molecule has 0 amide bonds. The largest absolute Gasteiger partial charge is 0.377 e. The first kappa shape index (κ1) is 16.0. The lowest BCUT2D eigenvalue weighted by Gasteiger charge is -2.05. The third-order valence-electron chi connectivity index (χ3n) is 3.87. The van der Waals surface area contributed by atoms with Crippen LogP contribution in [0.2, 0.25) is 0 Å². The van der Waals surface area contributed by atoms with Gasteiger partial charge in [-0.2, -0.15) is 0 Å². The van der Waals surface area contributed by atoms with Gasteiger partial charge in [-0.15, -0.1) is 0 Å². The maximum Gasteiger partial charge on any atom is 0.168 e. The molecule has 2 heteroatoms. The average Bonchev–Trinajstić information content (AvgIpc) is 3.03. The Labute approximate surface area is 129 Å². The van der Waals surface area contributed by atoms with Crippen LogP contribution in [0.15, 0.2) is 54.4 Å². The topological polar surface area (TPSA) is 13.1 Å². The highest BCUT2D eigenvalue weighted by atomic mass is 16.5. The number of aryl methyl sites for hydroxylation is 1. The molecule has 0 saturated heterocycles. The van der Waals surface area contributed by atoms with E-state index in [-0.39, 0.29) is 0 Å². The van der Waals surface area contributed by atoms with E-state index < -0.39 is 0 Å². The molecule has 0 spiro atoms. The van der Waals surface area contributed by atoms with Gasteiger partial charge in [-0.05, 0) is 24.8 Å². The summed E-state index contributed by atoms with van der Waals surface area (Å²) in [7, 11) is 0. The van der Waals surface area contributed by atoms with Crippen molar-refractivity contribution in [2.75, 3.05) is 13.2 Å². The van der Waals surface area contributed by atoms with Gasteiger partial charge in [-0.1, -0.05) is 43.6 Å². The van der Waals surface area contributed by atoms with Crippen molar-refractivity contribution in [1.82, 2.24) is 0 Å². The van der Waals surface area contributed by atoms with Gasteiger partial charge < -0.3 is 4.74 Å². The van der Waals surface area contributed by atoms with Gasteiger partial charge in [0.05, 0.1) is 6.61 Å². The third kappa shape index (κ3) is 7.24. The Morgan fingerprint density at radius 2 is 1.67 bits per heavy atom. The summed E-state index contributed by atoms with van der Waals surface area (Å²) in [5.41, 5.74) is 1.41. The van der Waals surface area contributed by atoms with Crippen LogP contribution in [-0.2, 0) is 11.3 Å². The summed E-state index contributed by atoms with van der Waals surface area (Å²) in [5, 5.41) is 0. The second-order valence-corrected chi connectivity index (χ2v) is 5.74. The summed E-state index contributed by atoms with van der Waals surface area (Å²) in [4.78, 5) is 0. The first-order valence-corrected chi connectivity index (χ1v) is 8.31. The van der Waals surface area contributed by atoms with Crippen LogP contribution in [-0.4, -0.2) is 13.2 Å². The fourth-order valence-corrected chi connectivity index (χ4v) is 2.59. The van der Waals surface area contributed by atoms with Gasteiger partial charge in [0.1, 0.15) is 6.54 Å². The maximum atomic E-state index is 5.69. The van der Waals surface area contributed by atoms with Crippen molar-refractivity contribution in [3.05, 3.63) is 54.4 Å². The monoisotopic (exact) mass is 286 g/mol. The number of pyridine rings is 1. The number of hydrogen-bond acceptors (Lipinski definition) is 1. The standard InChI is InChI=1S/C19H28NO/c1(3-8-14-20-15-9-5-10-16-20)2-4-11-17-21-18-19-12-6-7-13-19/h5-7,9-10,12,15-16H,1-4,8,11,13-14,17-18H2/q+1. The molecule has 0 bridgehead atoms. The number of nitrogens with zero attached hydrogens (tertiary/aromatic N) is 1. The van der Waals surface area contributed by atoms with Crippen LogP contribution in [0.1, 0.15) is 44.9 Å². The van der Waals surface area contributed by atoms with Crippen LogP contribution in [0, 0.1) is 0 Å². The zero-order valence-corrected chi connectivity index (χ0v) is 13.0. The number of ether oxygens (including phenoxy) is 1. The average molecular weight is 286 g/mol. The second-order valence-electron chi connectivity index (χ2n) is 5.74. The first-order chi connectivity index (χ1) is 10.4. The van der Waals surface area contributed by atoms with E-state index in [9.17, 15) is 0 Å². The van der Waals surface area contributed by atoms with Crippen molar-refractivity contribution in [3.8, 4) is 0 Å². The van der Waals surface area contributed by atoms with Gasteiger partial charge in [-0.3, -0.25) is 0 Å². The van der Waals surface area contributed by atoms with E-state index in [4.69, 9.17) is 4.74 Å². The minimum Gasteiger partial charge on any atom is -0.377 e. The summed E-state index contributed by atoms with van der Waals surface area (Å²) in [5.74, 6) is 0. The molecule has 0 atom stereocenters. The number of unbranched alkanes of at least 4 members (excludes halogenated alkanes) is 5. The van der Waals surface area contributed by atoms with Gasteiger partial charge in [-0.25, -0.2) is 4.57 Å². The molecule has 0 fully saturated rings. The normalized spacial score (nSPS) is 13.6. The van der Waals surface area contributed by atoms with Crippen molar-refractivity contribution in [2.45, 2.75) is 51.5 Å². The Morgan fingerprint density at radius 3 is 2.43 bits per heavy atom. The highest BCUT2D eigenvalue weighted by Crippen LogP contribution is 2.11. The summed E-state index contributed by atoms with van der Waals surface area (Å²) in [6, 6.07) is 6.26. The molecule has 0 radical (unpaired) electrons. The Bertz CT molecular complexity index is 436. The Morgan fingerprint density at radius 1 is 0.905 bits per heavy atom. The zero-order chi connectivity index (χ0) is 14.6. The summed E-state index contributed by atoms with van der Waals surface area (Å²) < 4.78 is 7.96. The molecule has 0 unspecified atom stereocenters. The van der Waals surface area contributed by atoms with E-state index in [1.165, 1.54) is 44.1 Å². The summed E-state index contributed by atoms with van der Waals surface area (Å²) in [6.07, 6.45) is 19.7. The summed E-state index contributed by atoms with van der Waals surface area (Å²) in [6.45, 7) is 2.88. The van der Waals surface area contributed by atoms with Crippen LogP contribution in [0.25, 0.3) is 0 Å². The van der Waals surface area contributed by atoms with Crippen molar-refractivity contribution < 1.29 is 9.30 Å². The molecule has 114 valence electrons. The van der Waals surface area contributed by atoms with Crippen molar-refractivity contribution >= 4 is 0 Å². The summed E-state index contributed by atoms with van der Waals surface area (Å²) >= 11 is 0. The van der Waals surface area contributed by atoms with Crippen LogP contribution in [0.3, 0.4) is 0 Å². The minimum absolute atomic E-state index is 0.821. The van der Waals surface area contributed by atoms with Gasteiger partial charge in [0, 0.05) is 25.2 Å². The van der Waals surface area contributed by atoms with E-state index in [1.54, 1.807) is 0 Å². The first-order valence-electron chi connectivity index (χ1n) is 8.31. The Balaban J connectivity index is 1.34. The van der Waals surface area contributed by atoms with E-state index in [2.05, 4.69) is 53.4 Å². The molecular formula is C19H28NO+. The lowest BCUT2D eigenvalue weighted by atomic mass is 10.1. The number of allylic oxidation sites excluding steroid dienone is 3. The van der Waals surface area contributed by atoms with Crippen LogP contribution in [0.5, 0.6) is 0 Å². The van der Waals surface area contributed by atoms with Crippen LogP contribution in [0.4, 0.5) is 0 Å². The molecule has 21 heavy (non-hydrogen) atoms. The molecule has 2 nitrogen and oxygen atoms in total. The SMILES string of the molecule is C1=CCC(COCCCCCCCC[n+]2ccccc2)=C1. The number of aromatic nitrogens is 1. The van der Waals surface area contributed by atoms with E-state index in [1.807, 2.05) is 0 Å². The van der Waals surface area contributed by atoms with Gasteiger partial charge >= 0.3 is 0 Å². The number of rotatable bonds is 11. The zero-order valence-electron chi connectivity index (χ0n) is 13.0. The molecule has 0 saturated carbocycles. The highest BCUT2D eigenvalue weighted by Gasteiger charge is 2.00. The molecule has 2 rings (SSSR count). The lowest BCUT2D eigenvalue weighted by Crippen LogP contribution is -2.32. The van der Waals surface area contributed by atoms with Gasteiger partial charge in [0.15, 0.2) is 12.4 Å². The Hall–Kier alpha value is -1.41. The molecule has 0 N–H and O–H groups in total. The molecule has 1 aromatic rings. The predicted octanol–water partition coefficient (Wildman–Crippen LogP) is 4.22. The van der Waals surface area contributed by atoms with Gasteiger partial charge in [0.25, 0.3) is 0 Å². The van der Waals surface area contributed by atoms with Crippen LogP contribution >= 0.6 is 0 Å². The Kier molecular flexibility index (Phi) is 7.86. The smallest absolute Gasteiger partial charge is 0.168 e. The molecular weight excluding hydrogens is 258 g/mol. The van der Waals surface area contributed by atoms with Crippen molar-refractivity contribution in [2.24, 2.45) is 0 Å². The minimum atomic E-state index is 0.821. The number of hydrogen-bond donors (Lipinski definition) is 0. The maximum absolute atomic E-state index is 5.69. The molecule has 1 aliphatic rings. The quantitative estimate of drug-likeness (QED) is 0.438. The molecule has 0 aromatic carbocycles. The van der Waals surface area contributed by atoms with Crippen LogP contribution < -0.4 is 4.57 Å².